The van der Waals surface area contributed by atoms with Gasteiger partial charge >= 0.3 is 6.18 Å². The van der Waals surface area contributed by atoms with E-state index in [-0.39, 0.29) is 12.4 Å². The molecule has 1 N–H and O–H groups in total. The Morgan fingerprint density at radius 2 is 1.33 bits per heavy atom. The maximum absolute atomic E-state index is 12.8. The summed E-state index contributed by atoms with van der Waals surface area (Å²) in [5.74, 6) is 0.693. The first-order chi connectivity index (χ1) is 14.0. The van der Waals surface area contributed by atoms with Crippen LogP contribution in [0.5, 0.6) is 0 Å². The summed E-state index contributed by atoms with van der Waals surface area (Å²) in [6, 6.07) is 14.4. The molecule has 2 aliphatic rings. The lowest BCUT2D eigenvalue weighted by Gasteiger charge is -2.41. The van der Waals surface area contributed by atoms with Crippen molar-refractivity contribution in [2.75, 3.05) is 26.2 Å². The molecule has 2 fully saturated rings. The second kappa shape index (κ2) is 10.2. The van der Waals surface area contributed by atoms with Gasteiger partial charge in [0.1, 0.15) is 0 Å². The SMILES string of the molecule is Cl.FC(F)(F)c1ccc(-c2ccc([C@@H](C3CCCCC3)N3CCNCC3)cc2)cc1. The second-order valence-electron chi connectivity index (χ2n) is 8.33. The Balaban J connectivity index is 0.00000256. The van der Waals surface area contributed by atoms with Crippen molar-refractivity contribution < 1.29 is 13.2 Å². The molecule has 0 unspecified atom stereocenters. The normalized spacial score (nSPS) is 19.8. The summed E-state index contributed by atoms with van der Waals surface area (Å²) in [4.78, 5) is 2.62. The first-order valence-corrected chi connectivity index (χ1v) is 10.7. The highest BCUT2D eigenvalue weighted by Gasteiger charge is 2.31. The highest BCUT2D eigenvalue weighted by Crippen LogP contribution is 2.39. The Morgan fingerprint density at radius 3 is 1.87 bits per heavy atom. The zero-order chi connectivity index (χ0) is 20.3. The van der Waals surface area contributed by atoms with Gasteiger partial charge in [-0.25, -0.2) is 0 Å². The minimum absolute atomic E-state index is 0. The molecule has 1 saturated carbocycles. The fourth-order valence-electron chi connectivity index (χ4n) is 4.92. The first kappa shape index (κ1) is 23.1. The highest BCUT2D eigenvalue weighted by molar-refractivity contribution is 5.85. The summed E-state index contributed by atoms with van der Waals surface area (Å²) < 4.78 is 38.4. The van der Waals surface area contributed by atoms with Crippen molar-refractivity contribution >= 4 is 12.4 Å². The van der Waals surface area contributed by atoms with Crippen LogP contribution in [-0.4, -0.2) is 31.1 Å². The molecule has 0 amide bonds. The fourth-order valence-corrected chi connectivity index (χ4v) is 4.92. The van der Waals surface area contributed by atoms with Crippen molar-refractivity contribution in [1.29, 1.82) is 0 Å². The molecule has 2 nitrogen and oxygen atoms in total. The molecular weight excluding hydrogens is 409 g/mol. The molecule has 0 bridgehead atoms. The van der Waals surface area contributed by atoms with Gasteiger partial charge in [-0.1, -0.05) is 55.7 Å². The molecule has 2 aromatic rings. The van der Waals surface area contributed by atoms with E-state index in [4.69, 9.17) is 0 Å². The predicted octanol–water partition coefficient (Wildman–Crippen LogP) is 6.32. The summed E-state index contributed by atoms with van der Waals surface area (Å²) in [5, 5.41) is 3.45. The number of benzene rings is 2. The third-order valence-corrected chi connectivity index (χ3v) is 6.44. The number of piperazine rings is 1. The summed E-state index contributed by atoms with van der Waals surface area (Å²) in [6.07, 6.45) is 2.26. The molecule has 1 aliphatic carbocycles. The summed E-state index contributed by atoms with van der Waals surface area (Å²) in [6.45, 7) is 4.21. The molecule has 1 atom stereocenters. The van der Waals surface area contributed by atoms with Crippen molar-refractivity contribution in [3.8, 4) is 11.1 Å². The predicted molar refractivity (Wildman–Crippen MR) is 118 cm³/mol. The molecule has 1 saturated heterocycles. The smallest absolute Gasteiger partial charge is 0.314 e. The topological polar surface area (TPSA) is 15.3 Å². The number of hydrogen-bond donors (Lipinski definition) is 1. The molecule has 0 radical (unpaired) electrons. The monoisotopic (exact) mass is 438 g/mol. The van der Waals surface area contributed by atoms with Crippen LogP contribution in [0.25, 0.3) is 11.1 Å². The van der Waals surface area contributed by atoms with Crippen molar-refractivity contribution in [3.05, 3.63) is 59.7 Å². The van der Waals surface area contributed by atoms with E-state index in [0.717, 1.165) is 49.4 Å². The van der Waals surface area contributed by atoms with Gasteiger partial charge in [-0.05, 0) is 47.6 Å². The van der Waals surface area contributed by atoms with Crippen LogP contribution in [0.2, 0.25) is 0 Å². The Morgan fingerprint density at radius 1 is 0.800 bits per heavy atom. The van der Waals surface area contributed by atoms with Crippen LogP contribution in [0.1, 0.15) is 49.3 Å². The van der Waals surface area contributed by atoms with Gasteiger partial charge in [0, 0.05) is 32.2 Å². The average Bonchev–Trinajstić information content (AvgIpc) is 2.76. The Kier molecular flexibility index (Phi) is 7.83. The van der Waals surface area contributed by atoms with Crippen molar-refractivity contribution in [3.63, 3.8) is 0 Å². The molecular formula is C24H30ClF3N2. The lowest BCUT2D eigenvalue weighted by molar-refractivity contribution is -0.137. The molecule has 0 spiro atoms. The number of halogens is 4. The second-order valence-corrected chi connectivity index (χ2v) is 8.33. The number of nitrogens with zero attached hydrogens (tertiary/aromatic N) is 1. The zero-order valence-electron chi connectivity index (χ0n) is 17.1. The van der Waals surface area contributed by atoms with Gasteiger partial charge in [-0.3, -0.25) is 4.90 Å². The van der Waals surface area contributed by atoms with E-state index in [1.54, 1.807) is 12.1 Å². The van der Waals surface area contributed by atoms with Crippen LogP contribution in [0, 0.1) is 5.92 Å². The Hall–Kier alpha value is -1.56. The van der Waals surface area contributed by atoms with Gasteiger partial charge < -0.3 is 5.32 Å². The zero-order valence-corrected chi connectivity index (χ0v) is 17.9. The third kappa shape index (κ3) is 5.37. The van der Waals surface area contributed by atoms with Crippen LogP contribution < -0.4 is 5.32 Å². The quantitative estimate of drug-likeness (QED) is 0.600. The van der Waals surface area contributed by atoms with Gasteiger partial charge in [-0.15, -0.1) is 12.4 Å². The lowest BCUT2D eigenvalue weighted by atomic mass is 9.80. The van der Waals surface area contributed by atoms with Crippen LogP contribution in [-0.2, 0) is 6.18 Å². The Bertz CT molecular complexity index is 760. The van der Waals surface area contributed by atoms with Gasteiger partial charge in [-0.2, -0.15) is 13.2 Å². The molecule has 2 aromatic carbocycles. The van der Waals surface area contributed by atoms with Crippen LogP contribution in [0.3, 0.4) is 0 Å². The number of rotatable bonds is 4. The van der Waals surface area contributed by atoms with Crippen LogP contribution >= 0.6 is 12.4 Å². The van der Waals surface area contributed by atoms with E-state index in [9.17, 15) is 13.2 Å². The van der Waals surface area contributed by atoms with Crippen molar-refractivity contribution in [2.45, 2.75) is 44.3 Å². The van der Waals surface area contributed by atoms with Crippen molar-refractivity contribution in [2.24, 2.45) is 5.92 Å². The van der Waals surface area contributed by atoms with E-state index in [2.05, 4.69) is 34.5 Å². The molecule has 30 heavy (non-hydrogen) atoms. The molecule has 1 aliphatic heterocycles. The number of alkyl halides is 3. The van der Waals surface area contributed by atoms with Crippen LogP contribution in [0.15, 0.2) is 48.5 Å². The van der Waals surface area contributed by atoms with Gasteiger partial charge in [0.2, 0.25) is 0 Å². The minimum atomic E-state index is -4.29. The molecule has 6 heteroatoms. The van der Waals surface area contributed by atoms with E-state index in [1.807, 2.05) is 0 Å². The average molecular weight is 439 g/mol. The molecule has 0 aromatic heterocycles. The summed E-state index contributed by atoms with van der Waals surface area (Å²) in [5.41, 5.74) is 2.52. The van der Waals surface area contributed by atoms with Gasteiger partial charge in [0.15, 0.2) is 0 Å². The maximum Gasteiger partial charge on any atom is 0.416 e. The Labute approximate surface area is 183 Å². The largest absolute Gasteiger partial charge is 0.416 e. The van der Waals surface area contributed by atoms with E-state index < -0.39 is 11.7 Å². The number of nitrogens with one attached hydrogen (secondary N) is 1. The van der Waals surface area contributed by atoms with Gasteiger partial charge in [0.25, 0.3) is 0 Å². The minimum Gasteiger partial charge on any atom is -0.314 e. The van der Waals surface area contributed by atoms with E-state index in [0.29, 0.717) is 12.0 Å². The first-order valence-electron chi connectivity index (χ1n) is 10.7. The van der Waals surface area contributed by atoms with E-state index in [1.165, 1.54) is 37.7 Å². The molecule has 4 rings (SSSR count). The lowest BCUT2D eigenvalue weighted by Crippen LogP contribution is -2.47. The highest BCUT2D eigenvalue weighted by atomic mass is 35.5. The van der Waals surface area contributed by atoms with E-state index >= 15 is 0 Å². The molecule has 164 valence electrons. The number of hydrogen-bond acceptors (Lipinski definition) is 2. The summed E-state index contributed by atoms with van der Waals surface area (Å²) in [7, 11) is 0. The molecule has 1 heterocycles. The van der Waals surface area contributed by atoms with Crippen LogP contribution in [0.4, 0.5) is 13.2 Å². The van der Waals surface area contributed by atoms with Crippen molar-refractivity contribution in [1.82, 2.24) is 10.2 Å². The maximum atomic E-state index is 12.8. The van der Waals surface area contributed by atoms with Gasteiger partial charge in [0.05, 0.1) is 5.56 Å². The third-order valence-electron chi connectivity index (χ3n) is 6.44. The standard InChI is InChI=1S/C24H29F3N2.ClH/c25-24(26,27)22-12-10-19(11-13-22)18-6-8-21(9-7-18)23(20-4-2-1-3-5-20)29-16-14-28-15-17-29;/h6-13,20,23,28H,1-5,14-17H2;1H/t23-;/m1./s1. The summed E-state index contributed by atoms with van der Waals surface area (Å²) >= 11 is 0. The fraction of sp³-hybridized carbons (Fsp3) is 0.500.